The standard InChI is InChI=1S/C37H27N3O/c1-3-37(2)30-20-25(18-19-26(30)28-22-33-29(21-31(28)37)27-16-10-11-17-32(27)41-33)36-39-34(23-12-6-4-7-13-23)38-35(40-36)24-14-8-5-9-15-24/h4-22H,3H2,1-2H3. The van der Waals surface area contributed by atoms with Gasteiger partial charge in [-0.1, -0.05) is 105 Å². The van der Waals surface area contributed by atoms with Gasteiger partial charge in [0.2, 0.25) is 0 Å². The van der Waals surface area contributed by atoms with Crippen molar-refractivity contribution < 1.29 is 4.42 Å². The minimum atomic E-state index is -0.148. The van der Waals surface area contributed by atoms with Crippen molar-refractivity contribution >= 4 is 21.9 Å². The molecule has 0 radical (unpaired) electrons. The van der Waals surface area contributed by atoms with Gasteiger partial charge in [0.25, 0.3) is 0 Å². The van der Waals surface area contributed by atoms with Gasteiger partial charge in [-0.15, -0.1) is 0 Å². The van der Waals surface area contributed by atoms with Crippen molar-refractivity contribution in [3.8, 4) is 45.3 Å². The van der Waals surface area contributed by atoms with Gasteiger partial charge in [0.1, 0.15) is 11.2 Å². The van der Waals surface area contributed by atoms with Crippen molar-refractivity contribution in [1.82, 2.24) is 15.0 Å². The first kappa shape index (κ1) is 23.8. The van der Waals surface area contributed by atoms with Crippen LogP contribution >= 0.6 is 0 Å². The molecule has 1 atom stereocenters. The molecule has 7 aromatic rings. The highest BCUT2D eigenvalue weighted by Gasteiger charge is 2.39. The van der Waals surface area contributed by atoms with Crippen LogP contribution < -0.4 is 0 Å². The number of nitrogens with zero attached hydrogens (tertiary/aromatic N) is 3. The average Bonchev–Trinajstić information content (AvgIpc) is 3.53. The van der Waals surface area contributed by atoms with E-state index in [1.54, 1.807) is 0 Å². The van der Waals surface area contributed by atoms with E-state index in [9.17, 15) is 0 Å². The molecule has 0 saturated heterocycles. The zero-order valence-electron chi connectivity index (χ0n) is 22.9. The third-order valence-corrected chi connectivity index (χ3v) is 8.68. The van der Waals surface area contributed by atoms with Crippen LogP contribution in [-0.4, -0.2) is 15.0 Å². The van der Waals surface area contributed by atoms with Gasteiger partial charge in [-0.25, -0.2) is 15.0 Å². The molecule has 0 fully saturated rings. The summed E-state index contributed by atoms with van der Waals surface area (Å²) in [6.07, 6.45) is 0.972. The Morgan fingerprint density at radius 2 is 1.12 bits per heavy atom. The number of fused-ring (bicyclic) bond motifs is 6. The predicted octanol–water partition coefficient (Wildman–Crippen LogP) is 9.47. The van der Waals surface area contributed by atoms with Gasteiger partial charge >= 0.3 is 0 Å². The largest absolute Gasteiger partial charge is 0.456 e. The molecule has 2 aromatic heterocycles. The van der Waals surface area contributed by atoms with Crippen LogP contribution in [0.15, 0.2) is 120 Å². The van der Waals surface area contributed by atoms with Gasteiger partial charge < -0.3 is 4.42 Å². The lowest BCUT2D eigenvalue weighted by Gasteiger charge is -2.26. The molecule has 0 bridgehead atoms. The van der Waals surface area contributed by atoms with Crippen molar-refractivity contribution in [1.29, 1.82) is 0 Å². The first-order chi connectivity index (χ1) is 20.1. The Labute approximate surface area is 238 Å². The van der Waals surface area contributed by atoms with Crippen molar-refractivity contribution in [2.45, 2.75) is 25.7 Å². The summed E-state index contributed by atoms with van der Waals surface area (Å²) in [7, 11) is 0. The first-order valence-electron chi connectivity index (χ1n) is 14.1. The van der Waals surface area contributed by atoms with Gasteiger partial charge in [0.15, 0.2) is 17.5 Å². The van der Waals surface area contributed by atoms with E-state index in [0.717, 1.165) is 39.7 Å². The maximum Gasteiger partial charge on any atom is 0.164 e. The molecule has 4 nitrogen and oxygen atoms in total. The van der Waals surface area contributed by atoms with E-state index in [1.807, 2.05) is 72.8 Å². The monoisotopic (exact) mass is 529 g/mol. The van der Waals surface area contributed by atoms with E-state index in [2.05, 4.69) is 56.3 Å². The molecule has 41 heavy (non-hydrogen) atoms. The SMILES string of the molecule is CCC1(C)c2cc(-c3nc(-c4ccccc4)nc(-c4ccccc4)n3)ccc2-c2cc3oc4ccccc4c3cc21. The van der Waals surface area contributed by atoms with Gasteiger partial charge in [0, 0.05) is 32.9 Å². The molecule has 1 unspecified atom stereocenters. The smallest absolute Gasteiger partial charge is 0.164 e. The molecule has 1 aliphatic rings. The molecular formula is C37H27N3O. The summed E-state index contributed by atoms with van der Waals surface area (Å²) in [5.74, 6) is 2.02. The van der Waals surface area contributed by atoms with Crippen LogP contribution in [0.3, 0.4) is 0 Å². The van der Waals surface area contributed by atoms with Gasteiger partial charge in [0.05, 0.1) is 0 Å². The van der Waals surface area contributed by atoms with Gasteiger partial charge in [-0.3, -0.25) is 0 Å². The third kappa shape index (κ3) is 3.64. The highest BCUT2D eigenvalue weighted by molar-refractivity contribution is 6.07. The predicted molar refractivity (Wildman–Crippen MR) is 166 cm³/mol. The summed E-state index contributed by atoms with van der Waals surface area (Å²) >= 11 is 0. The minimum Gasteiger partial charge on any atom is -0.456 e. The Morgan fingerprint density at radius 1 is 0.537 bits per heavy atom. The molecule has 0 spiro atoms. The van der Waals surface area contributed by atoms with E-state index in [4.69, 9.17) is 19.4 Å². The van der Waals surface area contributed by atoms with Crippen LogP contribution in [0.1, 0.15) is 31.4 Å². The van der Waals surface area contributed by atoms with Crippen LogP contribution in [0.25, 0.3) is 67.2 Å². The topological polar surface area (TPSA) is 51.8 Å². The number of hydrogen-bond acceptors (Lipinski definition) is 4. The Hall–Kier alpha value is -5.09. The number of hydrogen-bond donors (Lipinski definition) is 0. The van der Waals surface area contributed by atoms with E-state index < -0.39 is 0 Å². The highest BCUT2D eigenvalue weighted by Crippen LogP contribution is 2.53. The molecule has 8 rings (SSSR count). The second kappa shape index (κ2) is 8.97. The Kier molecular flexibility index (Phi) is 5.20. The maximum atomic E-state index is 6.27. The average molecular weight is 530 g/mol. The molecule has 196 valence electrons. The molecule has 0 aliphatic heterocycles. The number of benzene rings is 5. The molecule has 0 amide bonds. The van der Waals surface area contributed by atoms with Gasteiger partial charge in [-0.05, 0) is 52.9 Å². The van der Waals surface area contributed by atoms with Crippen LogP contribution in [-0.2, 0) is 5.41 Å². The molecule has 0 saturated carbocycles. The molecule has 2 heterocycles. The maximum absolute atomic E-state index is 6.27. The lowest BCUT2D eigenvalue weighted by molar-refractivity contribution is 0.565. The Balaban J connectivity index is 1.32. The van der Waals surface area contributed by atoms with E-state index in [-0.39, 0.29) is 5.41 Å². The molecule has 5 aromatic carbocycles. The van der Waals surface area contributed by atoms with Crippen LogP contribution in [0, 0.1) is 0 Å². The summed E-state index contributed by atoms with van der Waals surface area (Å²) in [5.41, 5.74) is 9.77. The molecule has 0 N–H and O–H groups in total. The summed E-state index contributed by atoms with van der Waals surface area (Å²) in [6.45, 7) is 4.63. The summed E-state index contributed by atoms with van der Waals surface area (Å²) in [5, 5.41) is 2.33. The normalized spacial score (nSPS) is 15.8. The quantitative estimate of drug-likeness (QED) is 0.228. The molecule has 4 heteroatoms. The Bertz CT molecular complexity index is 2040. The second-order valence-electron chi connectivity index (χ2n) is 11.0. The molecule has 1 aliphatic carbocycles. The van der Waals surface area contributed by atoms with Crippen molar-refractivity contribution in [3.63, 3.8) is 0 Å². The number of furan rings is 1. The van der Waals surface area contributed by atoms with Crippen LogP contribution in [0.4, 0.5) is 0 Å². The fraction of sp³-hybridized carbons (Fsp3) is 0.108. The lowest BCUT2D eigenvalue weighted by atomic mass is 9.77. The number of para-hydroxylation sites is 1. The van der Waals surface area contributed by atoms with Crippen LogP contribution in [0.5, 0.6) is 0 Å². The van der Waals surface area contributed by atoms with E-state index >= 15 is 0 Å². The minimum absolute atomic E-state index is 0.148. The van der Waals surface area contributed by atoms with E-state index in [1.165, 1.54) is 27.6 Å². The van der Waals surface area contributed by atoms with Crippen molar-refractivity contribution in [2.24, 2.45) is 0 Å². The Morgan fingerprint density at radius 3 is 1.78 bits per heavy atom. The highest BCUT2D eigenvalue weighted by atomic mass is 16.3. The summed E-state index contributed by atoms with van der Waals surface area (Å²) < 4.78 is 6.27. The van der Waals surface area contributed by atoms with Crippen molar-refractivity contribution in [3.05, 3.63) is 126 Å². The van der Waals surface area contributed by atoms with Gasteiger partial charge in [-0.2, -0.15) is 0 Å². The molecular weight excluding hydrogens is 502 g/mol. The first-order valence-corrected chi connectivity index (χ1v) is 14.1. The van der Waals surface area contributed by atoms with Crippen molar-refractivity contribution in [2.75, 3.05) is 0 Å². The zero-order chi connectivity index (χ0) is 27.6. The number of aromatic nitrogens is 3. The summed E-state index contributed by atoms with van der Waals surface area (Å²) in [4.78, 5) is 14.8. The van der Waals surface area contributed by atoms with Crippen LogP contribution in [0.2, 0.25) is 0 Å². The van der Waals surface area contributed by atoms with E-state index in [0.29, 0.717) is 17.5 Å². The lowest BCUT2D eigenvalue weighted by Crippen LogP contribution is -2.19. The third-order valence-electron chi connectivity index (χ3n) is 8.68. The fourth-order valence-corrected chi connectivity index (χ4v) is 6.29. The number of rotatable bonds is 4. The zero-order valence-corrected chi connectivity index (χ0v) is 22.9. The fourth-order valence-electron chi connectivity index (χ4n) is 6.29. The summed E-state index contributed by atoms with van der Waals surface area (Å²) in [6, 6.07) is 39.8. The second-order valence-corrected chi connectivity index (χ2v) is 11.0.